The molecule has 0 fully saturated rings. The molecule has 1 aromatic heterocycles. The van der Waals surface area contributed by atoms with Gasteiger partial charge in [-0.2, -0.15) is 0 Å². The van der Waals surface area contributed by atoms with Crippen molar-refractivity contribution in [1.82, 2.24) is 9.97 Å². The summed E-state index contributed by atoms with van der Waals surface area (Å²) >= 11 is 14.4. The molecule has 0 spiro atoms. The summed E-state index contributed by atoms with van der Waals surface area (Å²) in [5, 5.41) is 4.26. The van der Waals surface area contributed by atoms with Gasteiger partial charge >= 0.3 is 0 Å². The molecule has 18 heavy (non-hydrogen) atoms. The predicted octanol–water partition coefficient (Wildman–Crippen LogP) is 5.12. The van der Waals surface area contributed by atoms with Crippen molar-refractivity contribution in [3.05, 3.63) is 38.4 Å². The van der Waals surface area contributed by atoms with Gasteiger partial charge in [-0.25, -0.2) is 9.97 Å². The van der Waals surface area contributed by atoms with Crippen molar-refractivity contribution in [2.45, 2.75) is 5.16 Å². The van der Waals surface area contributed by atoms with Crippen molar-refractivity contribution in [2.75, 3.05) is 11.6 Å². The predicted molar refractivity (Wildman–Crippen MR) is 83.9 cm³/mol. The van der Waals surface area contributed by atoms with Crippen LogP contribution in [-0.2, 0) is 0 Å². The molecule has 2 aromatic rings. The molecule has 1 aromatic carbocycles. The number of aromatic nitrogens is 2. The Balaban J connectivity index is 2.37. The summed E-state index contributed by atoms with van der Waals surface area (Å²) in [5.74, 6) is 0.659. The minimum atomic E-state index is 0.417. The number of benzene rings is 1. The molecule has 0 saturated carbocycles. The molecule has 0 aliphatic rings. The molecule has 1 heterocycles. The lowest BCUT2D eigenvalue weighted by Crippen LogP contribution is -1.98. The maximum Gasteiger partial charge on any atom is 0.190 e. The van der Waals surface area contributed by atoms with E-state index in [0.717, 1.165) is 14.6 Å². The fourth-order valence-corrected chi connectivity index (χ4v) is 3.11. The Bertz CT molecular complexity index is 560. The zero-order chi connectivity index (χ0) is 13.1. The Kier molecular flexibility index (Phi) is 4.89. The second-order valence-corrected chi connectivity index (χ2v) is 6.15. The van der Waals surface area contributed by atoms with Crippen molar-refractivity contribution in [1.29, 1.82) is 0 Å². The highest BCUT2D eigenvalue weighted by Gasteiger charge is 2.07. The van der Waals surface area contributed by atoms with Crippen molar-refractivity contribution in [3.8, 4) is 0 Å². The van der Waals surface area contributed by atoms with Gasteiger partial charge in [-0.15, -0.1) is 0 Å². The van der Waals surface area contributed by atoms with Crippen LogP contribution in [0.15, 0.2) is 38.4 Å². The minimum absolute atomic E-state index is 0.417. The molecule has 3 nitrogen and oxygen atoms in total. The van der Waals surface area contributed by atoms with E-state index >= 15 is 0 Å². The van der Waals surface area contributed by atoms with Gasteiger partial charge in [-0.3, -0.25) is 0 Å². The van der Waals surface area contributed by atoms with Crippen molar-refractivity contribution in [2.24, 2.45) is 0 Å². The summed E-state index contributed by atoms with van der Waals surface area (Å²) in [6.45, 7) is 0. The van der Waals surface area contributed by atoms with E-state index in [2.05, 4.69) is 47.1 Å². The van der Waals surface area contributed by atoms with Crippen molar-refractivity contribution in [3.63, 3.8) is 0 Å². The molecular weight excluding hydrogens is 401 g/mol. The second kappa shape index (κ2) is 6.23. The molecule has 1 N–H and O–H groups in total. The Labute approximate surface area is 131 Å². The maximum atomic E-state index is 5.95. The highest BCUT2D eigenvalue weighted by Crippen LogP contribution is 2.33. The number of anilines is 2. The first kappa shape index (κ1) is 14.1. The third-order valence-corrected chi connectivity index (χ3v) is 4.14. The third kappa shape index (κ3) is 3.38. The van der Waals surface area contributed by atoms with Crippen LogP contribution in [0.5, 0.6) is 0 Å². The fourth-order valence-electron chi connectivity index (χ4n) is 1.30. The molecule has 2 rings (SSSR count). The van der Waals surface area contributed by atoms with Crippen LogP contribution in [0.4, 0.5) is 11.5 Å². The van der Waals surface area contributed by atoms with E-state index in [1.807, 2.05) is 24.5 Å². The van der Waals surface area contributed by atoms with Crippen LogP contribution in [0.1, 0.15) is 0 Å². The largest absolute Gasteiger partial charge is 0.338 e. The van der Waals surface area contributed by atoms with E-state index in [1.54, 1.807) is 6.07 Å². The summed E-state index contributed by atoms with van der Waals surface area (Å²) in [7, 11) is 0. The van der Waals surface area contributed by atoms with Crippen LogP contribution in [0.3, 0.4) is 0 Å². The molecule has 0 saturated heterocycles. The molecule has 0 aliphatic carbocycles. The van der Waals surface area contributed by atoms with E-state index < -0.39 is 0 Å². The fraction of sp³-hybridized carbons (Fsp3) is 0.0909. The molecule has 0 atom stereocenters. The normalized spacial score (nSPS) is 10.4. The number of para-hydroxylation sites is 1. The molecule has 0 aliphatic heterocycles. The number of nitrogens with zero attached hydrogens (tertiary/aromatic N) is 2. The maximum absolute atomic E-state index is 5.95. The molecule has 0 radical (unpaired) electrons. The Morgan fingerprint density at radius 3 is 2.50 bits per heavy atom. The van der Waals surface area contributed by atoms with Gasteiger partial charge in [-0.1, -0.05) is 29.4 Å². The lowest BCUT2D eigenvalue weighted by molar-refractivity contribution is 0.976. The quantitative estimate of drug-likeness (QED) is 0.434. The summed E-state index contributed by atoms with van der Waals surface area (Å²) in [5.41, 5.74) is 0.902. The zero-order valence-corrected chi connectivity index (χ0v) is 14.0. The summed E-state index contributed by atoms with van der Waals surface area (Å²) < 4.78 is 1.88. The van der Waals surface area contributed by atoms with Gasteiger partial charge in [0.25, 0.3) is 0 Å². The topological polar surface area (TPSA) is 37.8 Å². The molecule has 0 unspecified atom stereocenters. The monoisotopic (exact) mass is 407 g/mol. The van der Waals surface area contributed by atoms with Crippen molar-refractivity contribution < 1.29 is 0 Å². The van der Waals surface area contributed by atoms with E-state index in [0.29, 0.717) is 16.1 Å². The first-order valence-corrected chi connectivity index (χ1v) is 8.08. The average molecular weight is 410 g/mol. The van der Waals surface area contributed by atoms with Crippen LogP contribution in [0.25, 0.3) is 0 Å². The number of hydrogen-bond donors (Lipinski definition) is 1. The first-order chi connectivity index (χ1) is 8.60. The van der Waals surface area contributed by atoms with Gasteiger partial charge < -0.3 is 5.32 Å². The smallest absolute Gasteiger partial charge is 0.190 e. The van der Waals surface area contributed by atoms with E-state index in [4.69, 9.17) is 11.6 Å². The van der Waals surface area contributed by atoms with Crippen LogP contribution in [0, 0.1) is 0 Å². The Hall–Kier alpha value is -0.300. The van der Waals surface area contributed by atoms with Gasteiger partial charge in [0.1, 0.15) is 11.0 Å². The van der Waals surface area contributed by atoms with Crippen LogP contribution >= 0.6 is 55.2 Å². The first-order valence-electron chi connectivity index (χ1n) is 4.90. The highest BCUT2D eigenvalue weighted by atomic mass is 79.9. The average Bonchev–Trinajstić information content (AvgIpc) is 2.33. The van der Waals surface area contributed by atoms with Gasteiger partial charge in [-0.05, 0) is 50.2 Å². The lowest BCUT2D eigenvalue weighted by atomic mass is 10.3. The standard InChI is InChI=1S/C11H8Br2ClN3S/c1-18-11-15-8(14)5-9(17-11)16-10-6(12)3-2-4-7(10)13/h2-5H,1H3,(H,15,16,17). The zero-order valence-electron chi connectivity index (χ0n) is 9.25. The number of halogens is 3. The van der Waals surface area contributed by atoms with Crippen LogP contribution in [-0.4, -0.2) is 16.2 Å². The van der Waals surface area contributed by atoms with Crippen LogP contribution < -0.4 is 5.32 Å². The number of nitrogens with one attached hydrogen (secondary N) is 1. The van der Waals surface area contributed by atoms with Crippen molar-refractivity contribution >= 4 is 66.7 Å². The Morgan fingerprint density at radius 1 is 1.22 bits per heavy atom. The van der Waals surface area contributed by atoms with Gasteiger partial charge in [0.05, 0.1) is 5.69 Å². The molecule has 0 amide bonds. The van der Waals surface area contributed by atoms with Gasteiger partial charge in [0.2, 0.25) is 0 Å². The molecule has 0 bridgehead atoms. The summed E-state index contributed by atoms with van der Waals surface area (Å²) in [6, 6.07) is 7.53. The Morgan fingerprint density at radius 2 is 1.89 bits per heavy atom. The second-order valence-electron chi connectivity index (χ2n) is 3.28. The minimum Gasteiger partial charge on any atom is -0.338 e. The molecule has 94 valence electrons. The molecular formula is C11H8Br2ClN3S. The molecule has 7 heteroatoms. The number of hydrogen-bond acceptors (Lipinski definition) is 4. The summed E-state index contributed by atoms with van der Waals surface area (Å²) in [4.78, 5) is 8.44. The highest BCUT2D eigenvalue weighted by molar-refractivity contribution is 9.11. The van der Waals surface area contributed by atoms with E-state index in [9.17, 15) is 0 Å². The third-order valence-electron chi connectivity index (χ3n) is 2.07. The lowest BCUT2D eigenvalue weighted by Gasteiger charge is -2.10. The van der Waals surface area contributed by atoms with E-state index in [1.165, 1.54) is 11.8 Å². The summed E-state index contributed by atoms with van der Waals surface area (Å²) in [6.07, 6.45) is 1.91. The SMILES string of the molecule is CSc1nc(Cl)cc(Nc2c(Br)cccc2Br)n1. The number of thioether (sulfide) groups is 1. The number of rotatable bonds is 3. The van der Waals surface area contributed by atoms with E-state index in [-0.39, 0.29) is 0 Å². The van der Waals surface area contributed by atoms with Crippen LogP contribution in [0.2, 0.25) is 5.15 Å². The van der Waals surface area contributed by atoms with Gasteiger partial charge in [0, 0.05) is 15.0 Å². The van der Waals surface area contributed by atoms with Gasteiger partial charge in [0.15, 0.2) is 5.16 Å².